The second-order valence-corrected chi connectivity index (χ2v) is 4.88. The van der Waals surface area contributed by atoms with Gasteiger partial charge >= 0.3 is 0 Å². The summed E-state index contributed by atoms with van der Waals surface area (Å²) in [5.74, 6) is -0.155. The zero-order valence-electron chi connectivity index (χ0n) is 12.0. The molecule has 0 saturated heterocycles. The molecule has 2 N–H and O–H groups in total. The second-order valence-electron chi connectivity index (χ2n) is 4.47. The largest absolute Gasteiger partial charge is 0.545 e. The van der Waals surface area contributed by atoms with Crippen LogP contribution in [-0.2, 0) is 0 Å². The maximum atomic E-state index is 10.9. The number of hydrogen-bond donors (Lipinski definition) is 2. The van der Waals surface area contributed by atoms with E-state index in [1.165, 1.54) is 18.3 Å². The Morgan fingerprint density at radius 2 is 2.14 bits per heavy atom. The third-order valence-electron chi connectivity index (χ3n) is 2.95. The summed E-state index contributed by atoms with van der Waals surface area (Å²) in [7, 11) is 1.68. The number of furan rings is 1. The van der Waals surface area contributed by atoms with E-state index in [2.05, 4.69) is 15.8 Å². The highest BCUT2D eigenvalue weighted by Gasteiger charge is 2.08. The summed E-state index contributed by atoms with van der Waals surface area (Å²) < 4.78 is 5.63. The number of hydrazone groups is 1. The number of benzene rings is 1. The van der Waals surface area contributed by atoms with E-state index < -0.39 is 5.97 Å². The van der Waals surface area contributed by atoms with Gasteiger partial charge in [-0.05, 0) is 48.5 Å². The highest BCUT2D eigenvalue weighted by Crippen LogP contribution is 2.26. The highest BCUT2D eigenvalue weighted by molar-refractivity contribution is 7.80. The molecule has 0 saturated carbocycles. The Morgan fingerprint density at radius 3 is 2.82 bits per heavy atom. The number of aryl methyl sites for hydroxylation is 1. The average Bonchev–Trinajstić information content (AvgIpc) is 2.95. The minimum atomic E-state index is -1.22. The van der Waals surface area contributed by atoms with Gasteiger partial charge in [-0.25, -0.2) is 0 Å². The van der Waals surface area contributed by atoms with Crippen LogP contribution in [0.5, 0.6) is 0 Å². The van der Waals surface area contributed by atoms with Crippen molar-refractivity contribution in [3.63, 3.8) is 0 Å². The molecule has 2 rings (SSSR count). The molecular weight excluding hydrogens is 302 g/mol. The van der Waals surface area contributed by atoms with Gasteiger partial charge in [-0.3, -0.25) is 5.43 Å². The number of carboxylic acids is 1. The van der Waals surface area contributed by atoms with Gasteiger partial charge in [-0.15, -0.1) is 0 Å². The smallest absolute Gasteiger partial charge is 0.186 e. The van der Waals surface area contributed by atoms with Crippen LogP contribution in [0.3, 0.4) is 0 Å². The molecular formula is C15H14N3O3S-. The molecule has 1 aromatic heterocycles. The third kappa shape index (κ3) is 3.70. The number of nitrogens with zero attached hydrogens (tertiary/aromatic N) is 1. The standard InChI is InChI=1S/C15H15N3O3S/c1-9-3-4-10(14(19)20)7-12(9)13-6-5-11(21-13)8-17-18-15(22)16-2/h3-8H,1-2H3,(H,19,20)(H2,16,18,22)/p-1/b17-8-. The van der Waals surface area contributed by atoms with Crippen molar-refractivity contribution in [2.24, 2.45) is 5.10 Å². The number of aromatic carboxylic acids is 1. The summed E-state index contributed by atoms with van der Waals surface area (Å²) in [4.78, 5) is 10.9. The molecule has 0 amide bonds. The molecule has 22 heavy (non-hydrogen) atoms. The molecule has 0 fully saturated rings. The fraction of sp³-hybridized carbons (Fsp3) is 0.133. The van der Waals surface area contributed by atoms with E-state index >= 15 is 0 Å². The molecule has 114 valence electrons. The first-order chi connectivity index (χ1) is 10.5. The first kappa shape index (κ1) is 15.7. The summed E-state index contributed by atoms with van der Waals surface area (Å²) in [6.45, 7) is 1.87. The topological polar surface area (TPSA) is 89.7 Å². The van der Waals surface area contributed by atoms with Crippen LogP contribution in [0, 0.1) is 6.92 Å². The van der Waals surface area contributed by atoms with Crippen molar-refractivity contribution in [2.75, 3.05) is 7.05 Å². The second kappa shape index (κ2) is 6.86. The SMILES string of the molecule is CNC(=S)N/N=C\c1ccc(-c2cc(C(=O)[O-])ccc2C)o1. The van der Waals surface area contributed by atoms with E-state index in [0.29, 0.717) is 22.2 Å². The minimum absolute atomic E-state index is 0.105. The number of carbonyl (C=O) groups excluding carboxylic acids is 1. The van der Waals surface area contributed by atoms with Crippen molar-refractivity contribution in [1.82, 2.24) is 10.7 Å². The quantitative estimate of drug-likeness (QED) is 0.498. The Labute approximate surface area is 132 Å². The van der Waals surface area contributed by atoms with Crippen LogP contribution >= 0.6 is 12.2 Å². The number of nitrogens with one attached hydrogen (secondary N) is 2. The predicted molar refractivity (Wildman–Crippen MR) is 85.6 cm³/mol. The Bertz CT molecular complexity index is 737. The van der Waals surface area contributed by atoms with Crippen molar-refractivity contribution in [3.8, 4) is 11.3 Å². The first-order valence-electron chi connectivity index (χ1n) is 6.44. The van der Waals surface area contributed by atoms with Crippen LogP contribution in [0.4, 0.5) is 0 Å². The van der Waals surface area contributed by atoms with Gasteiger partial charge in [0.05, 0.1) is 12.2 Å². The minimum Gasteiger partial charge on any atom is -0.545 e. The average molecular weight is 316 g/mol. The van der Waals surface area contributed by atoms with E-state index in [4.69, 9.17) is 16.6 Å². The molecule has 7 heteroatoms. The Hall–Kier alpha value is -2.67. The fourth-order valence-corrected chi connectivity index (χ4v) is 1.84. The van der Waals surface area contributed by atoms with Crippen LogP contribution in [0.15, 0.2) is 39.9 Å². The molecule has 2 aromatic rings. The van der Waals surface area contributed by atoms with Crippen molar-refractivity contribution in [1.29, 1.82) is 0 Å². The number of thiocarbonyl (C=S) groups is 1. The van der Waals surface area contributed by atoms with Crippen LogP contribution in [0.2, 0.25) is 0 Å². The molecule has 0 aliphatic carbocycles. The van der Waals surface area contributed by atoms with E-state index in [9.17, 15) is 9.90 Å². The van der Waals surface area contributed by atoms with Crippen LogP contribution in [0.1, 0.15) is 21.7 Å². The highest BCUT2D eigenvalue weighted by atomic mass is 32.1. The van der Waals surface area contributed by atoms with Crippen molar-refractivity contribution < 1.29 is 14.3 Å². The van der Waals surface area contributed by atoms with Crippen LogP contribution < -0.4 is 15.8 Å². The molecule has 6 nitrogen and oxygen atoms in total. The summed E-state index contributed by atoms with van der Waals surface area (Å²) in [5.41, 5.74) is 4.31. The Morgan fingerprint density at radius 1 is 1.36 bits per heavy atom. The van der Waals surface area contributed by atoms with Gasteiger partial charge in [0.25, 0.3) is 0 Å². The normalized spacial score (nSPS) is 10.6. The lowest BCUT2D eigenvalue weighted by Crippen LogP contribution is -2.28. The predicted octanol–water partition coefficient (Wildman–Crippen LogP) is 1.05. The first-order valence-corrected chi connectivity index (χ1v) is 6.85. The molecule has 0 aliphatic rings. The number of carboxylic acid groups (broad SMARTS) is 1. The summed E-state index contributed by atoms with van der Waals surface area (Å²) >= 11 is 4.88. The van der Waals surface area contributed by atoms with E-state index in [0.717, 1.165) is 5.56 Å². The van der Waals surface area contributed by atoms with Gasteiger partial charge in [0.1, 0.15) is 11.5 Å². The fourth-order valence-electron chi connectivity index (χ4n) is 1.79. The van der Waals surface area contributed by atoms with Crippen molar-refractivity contribution in [2.45, 2.75) is 6.92 Å². The summed E-state index contributed by atoms with van der Waals surface area (Å²) in [5, 5.41) is 18.0. The van der Waals surface area contributed by atoms with Gasteiger partial charge < -0.3 is 19.6 Å². The van der Waals surface area contributed by atoms with E-state index in [1.54, 1.807) is 25.2 Å². The summed E-state index contributed by atoms with van der Waals surface area (Å²) in [6.07, 6.45) is 1.48. The number of hydrogen-bond acceptors (Lipinski definition) is 5. The van der Waals surface area contributed by atoms with Crippen LogP contribution in [0.25, 0.3) is 11.3 Å². The number of rotatable bonds is 4. The van der Waals surface area contributed by atoms with Gasteiger partial charge in [0, 0.05) is 12.6 Å². The van der Waals surface area contributed by atoms with Gasteiger partial charge in [0.15, 0.2) is 5.11 Å². The van der Waals surface area contributed by atoms with Crippen molar-refractivity contribution in [3.05, 3.63) is 47.2 Å². The molecule has 0 bridgehead atoms. The lowest BCUT2D eigenvalue weighted by Gasteiger charge is -2.07. The maximum Gasteiger partial charge on any atom is 0.186 e. The molecule has 1 heterocycles. The Kier molecular flexibility index (Phi) is 4.90. The van der Waals surface area contributed by atoms with Crippen LogP contribution in [-0.4, -0.2) is 24.3 Å². The molecule has 1 aromatic carbocycles. The summed E-state index contributed by atoms with van der Waals surface area (Å²) in [6, 6.07) is 8.22. The lowest BCUT2D eigenvalue weighted by molar-refractivity contribution is -0.255. The van der Waals surface area contributed by atoms with E-state index in [-0.39, 0.29) is 5.56 Å². The van der Waals surface area contributed by atoms with Gasteiger partial charge in [-0.1, -0.05) is 12.1 Å². The molecule has 0 unspecified atom stereocenters. The lowest BCUT2D eigenvalue weighted by atomic mass is 10.0. The maximum absolute atomic E-state index is 10.9. The zero-order chi connectivity index (χ0) is 16.1. The van der Waals surface area contributed by atoms with Gasteiger partial charge in [-0.2, -0.15) is 5.10 Å². The Balaban J connectivity index is 2.23. The molecule has 0 radical (unpaired) electrons. The van der Waals surface area contributed by atoms with Gasteiger partial charge in [0.2, 0.25) is 0 Å². The van der Waals surface area contributed by atoms with E-state index in [1.807, 2.05) is 6.92 Å². The zero-order valence-corrected chi connectivity index (χ0v) is 12.9. The molecule has 0 atom stereocenters. The third-order valence-corrected chi connectivity index (χ3v) is 3.25. The molecule has 0 aliphatic heterocycles. The van der Waals surface area contributed by atoms with Crippen molar-refractivity contribution >= 4 is 29.5 Å². The molecule has 0 spiro atoms. The number of carbonyl (C=O) groups is 1. The monoisotopic (exact) mass is 316 g/mol.